The third-order valence-electron chi connectivity index (χ3n) is 3.68. The number of benzene rings is 1. The van der Waals surface area contributed by atoms with Crippen LogP contribution in [0.4, 0.5) is 11.4 Å². The molecule has 1 aromatic carbocycles. The largest absolute Gasteiger partial charge is 0.378 e. The van der Waals surface area contributed by atoms with Gasteiger partial charge in [-0.2, -0.15) is 0 Å². The van der Waals surface area contributed by atoms with Crippen LogP contribution in [0.5, 0.6) is 0 Å². The average molecular weight is 329 g/mol. The van der Waals surface area contributed by atoms with Gasteiger partial charge >= 0.3 is 0 Å². The van der Waals surface area contributed by atoms with Crippen LogP contribution in [0.2, 0.25) is 5.15 Å². The first kappa shape index (κ1) is 15.4. The van der Waals surface area contributed by atoms with Crippen molar-refractivity contribution in [2.45, 2.75) is 6.92 Å². The number of nitrogens with zero attached hydrogens (tertiary/aromatic N) is 3. The van der Waals surface area contributed by atoms with Crippen molar-refractivity contribution in [2.75, 3.05) is 24.3 Å². The topological polar surface area (TPSA) is 49.6 Å². The molecule has 1 N–H and O–H groups in total. The van der Waals surface area contributed by atoms with Gasteiger partial charge in [-0.05, 0) is 42.8 Å². The predicted molar refractivity (Wildman–Crippen MR) is 93.7 cm³/mol. The highest BCUT2D eigenvalue weighted by molar-refractivity contribution is 6.33. The molecular formula is C17H17ClN4O. The van der Waals surface area contributed by atoms with Crippen molar-refractivity contribution < 1.29 is 4.79 Å². The molecule has 0 bridgehead atoms. The maximum Gasteiger partial charge on any atom is 0.275 e. The Balaban J connectivity index is 1.94. The minimum absolute atomic E-state index is 0.191. The highest BCUT2D eigenvalue weighted by atomic mass is 35.5. The number of imidazole rings is 1. The van der Waals surface area contributed by atoms with Crippen LogP contribution in [0.3, 0.4) is 0 Å². The number of aryl methyl sites for hydroxylation is 1. The van der Waals surface area contributed by atoms with E-state index in [9.17, 15) is 4.79 Å². The molecule has 0 saturated carbocycles. The number of nitrogens with one attached hydrogen (secondary N) is 1. The molecule has 0 spiro atoms. The third-order valence-corrected chi connectivity index (χ3v) is 3.94. The Morgan fingerprint density at radius 3 is 2.74 bits per heavy atom. The van der Waals surface area contributed by atoms with E-state index in [4.69, 9.17) is 11.6 Å². The number of hydrogen-bond donors (Lipinski definition) is 1. The van der Waals surface area contributed by atoms with Gasteiger partial charge in [-0.15, -0.1) is 0 Å². The molecule has 0 unspecified atom stereocenters. The molecule has 2 aromatic heterocycles. The molecule has 1 amide bonds. The number of amides is 1. The van der Waals surface area contributed by atoms with E-state index in [-0.39, 0.29) is 11.1 Å². The van der Waals surface area contributed by atoms with Gasteiger partial charge in [0.05, 0.1) is 0 Å². The van der Waals surface area contributed by atoms with Crippen LogP contribution in [-0.4, -0.2) is 29.4 Å². The molecule has 0 aliphatic heterocycles. The van der Waals surface area contributed by atoms with Crippen LogP contribution >= 0.6 is 11.6 Å². The number of carbonyl (C=O) groups is 1. The zero-order chi connectivity index (χ0) is 16.6. The first-order valence-corrected chi connectivity index (χ1v) is 7.57. The van der Waals surface area contributed by atoms with Gasteiger partial charge in [0.1, 0.15) is 5.65 Å². The van der Waals surface area contributed by atoms with Crippen LogP contribution < -0.4 is 10.2 Å². The summed E-state index contributed by atoms with van der Waals surface area (Å²) < 4.78 is 1.68. The summed E-state index contributed by atoms with van der Waals surface area (Å²) in [5, 5.41) is 3.10. The lowest BCUT2D eigenvalue weighted by Crippen LogP contribution is -2.16. The molecule has 0 radical (unpaired) electrons. The van der Waals surface area contributed by atoms with Crippen molar-refractivity contribution in [3.63, 3.8) is 0 Å². The monoisotopic (exact) mass is 328 g/mol. The van der Waals surface area contributed by atoms with E-state index in [1.54, 1.807) is 16.7 Å². The van der Waals surface area contributed by atoms with E-state index in [0.29, 0.717) is 11.3 Å². The number of fused-ring (bicyclic) bond motifs is 1. The Hall–Kier alpha value is -2.53. The van der Waals surface area contributed by atoms with Gasteiger partial charge in [-0.1, -0.05) is 17.7 Å². The van der Waals surface area contributed by atoms with Gasteiger partial charge in [-0.3, -0.25) is 9.20 Å². The van der Waals surface area contributed by atoms with E-state index < -0.39 is 0 Å². The average Bonchev–Trinajstić information content (AvgIpc) is 2.84. The van der Waals surface area contributed by atoms with E-state index >= 15 is 0 Å². The van der Waals surface area contributed by atoms with Gasteiger partial charge < -0.3 is 10.2 Å². The molecule has 0 fully saturated rings. The summed E-state index contributed by atoms with van der Waals surface area (Å²) in [6.45, 7) is 1.96. The molecule has 0 saturated heterocycles. The summed E-state index contributed by atoms with van der Waals surface area (Å²) in [5.41, 5.74) is 3.78. The predicted octanol–water partition coefficient (Wildman–Crippen LogP) is 3.61. The molecule has 5 nitrogen and oxygen atoms in total. The molecule has 6 heteroatoms. The van der Waals surface area contributed by atoms with E-state index in [1.807, 2.05) is 56.3 Å². The standard InChI is InChI=1S/C17H17ClN4O/c1-11-10-12(21(2)3)7-8-13(11)19-17(23)15-16(18)20-14-6-4-5-9-22(14)15/h4-10H,1-3H3,(H,19,23). The van der Waals surface area contributed by atoms with Gasteiger partial charge in [0, 0.05) is 31.7 Å². The molecular weight excluding hydrogens is 312 g/mol. The molecule has 3 aromatic rings. The number of aromatic nitrogens is 2. The minimum Gasteiger partial charge on any atom is -0.378 e. The maximum absolute atomic E-state index is 12.6. The summed E-state index contributed by atoms with van der Waals surface area (Å²) in [6.07, 6.45) is 1.77. The van der Waals surface area contributed by atoms with Crippen LogP contribution in [0.1, 0.15) is 16.1 Å². The normalized spacial score (nSPS) is 10.8. The molecule has 0 aliphatic rings. The van der Waals surface area contributed by atoms with E-state index in [1.165, 1.54) is 0 Å². The van der Waals surface area contributed by atoms with Crippen molar-refractivity contribution in [2.24, 2.45) is 0 Å². The van der Waals surface area contributed by atoms with Crippen molar-refractivity contribution in [1.82, 2.24) is 9.38 Å². The number of pyridine rings is 1. The van der Waals surface area contributed by atoms with Crippen LogP contribution in [0.15, 0.2) is 42.6 Å². The molecule has 23 heavy (non-hydrogen) atoms. The summed E-state index contributed by atoms with van der Waals surface area (Å²) >= 11 is 6.14. The fourth-order valence-electron chi connectivity index (χ4n) is 2.42. The fraction of sp³-hybridized carbons (Fsp3) is 0.176. The Morgan fingerprint density at radius 2 is 2.04 bits per heavy atom. The Bertz CT molecular complexity index is 885. The quantitative estimate of drug-likeness (QED) is 0.799. The molecule has 118 valence electrons. The lowest BCUT2D eigenvalue weighted by atomic mass is 10.1. The second-order valence-corrected chi connectivity index (χ2v) is 5.89. The molecule has 2 heterocycles. The lowest BCUT2D eigenvalue weighted by molar-refractivity contribution is 0.102. The summed E-state index contributed by atoms with van der Waals surface area (Å²) in [6, 6.07) is 11.4. The van der Waals surface area contributed by atoms with Gasteiger partial charge in [0.15, 0.2) is 10.8 Å². The molecule has 0 atom stereocenters. The molecule has 0 aliphatic carbocycles. The fourth-order valence-corrected chi connectivity index (χ4v) is 2.68. The summed E-state index contributed by atoms with van der Waals surface area (Å²) in [7, 11) is 3.95. The lowest BCUT2D eigenvalue weighted by Gasteiger charge is -2.15. The first-order valence-electron chi connectivity index (χ1n) is 7.19. The summed E-state index contributed by atoms with van der Waals surface area (Å²) in [5.74, 6) is -0.283. The van der Waals surface area contributed by atoms with Gasteiger partial charge in [-0.25, -0.2) is 4.98 Å². The van der Waals surface area contributed by atoms with Crippen LogP contribution in [-0.2, 0) is 0 Å². The third kappa shape index (κ3) is 2.87. The summed E-state index contributed by atoms with van der Waals surface area (Å²) in [4.78, 5) is 18.8. The second kappa shape index (κ2) is 5.93. The van der Waals surface area contributed by atoms with Crippen molar-refractivity contribution in [3.05, 3.63) is 59.0 Å². The SMILES string of the molecule is Cc1cc(N(C)C)ccc1NC(=O)c1c(Cl)nc2ccccn12. The highest BCUT2D eigenvalue weighted by Gasteiger charge is 2.18. The maximum atomic E-state index is 12.6. The zero-order valence-electron chi connectivity index (χ0n) is 13.2. The highest BCUT2D eigenvalue weighted by Crippen LogP contribution is 2.24. The number of hydrogen-bond acceptors (Lipinski definition) is 3. The van der Waals surface area contributed by atoms with E-state index in [0.717, 1.165) is 16.9 Å². The first-order chi connectivity index (χ1) is 11.0. The Morgan fingerprint density at radius 1 is 1.26 bits per heavy atom. The number of halogens is 1. The minimum atomic E-state index is -0.283. The smallest absolute Gasteiger partial charge is 0.275 e. The van der Waals surface area contributed by atoms with Crippen molar-refractivity contribution in [3.8, 4) is 0 Å². The van der Waals surface area contributed by atoms with Crippen molar-refractivity contribution in [1.29, 1.82) is 0 Å². The number of carbonyl (C=O) groups excluding carboxylic acids is 1. The Kier molecular flexibility index (Phi) is 3.96. The van der Waals surface area contributed by atoms with Crippen LogP contribution in [0, 0.1) is 6.92 Å². The second-order valence-electron chi connectivity index (χ2n) is 5.53. The van der Waals surface area contributed by atoms with Crippen LogP contribution in [0.25, 0.3) is 5.65 Å². The van der Waals surface area contributed by atoms with Gasteiger partial charge in [0.2, 0.25) is 0 Å². The van der Waals surface area contributed by atoms with E-state index in [2.05, 4.69) is 10.3 Å². The number of anilines is 2. The number of rotatable bonds is 3. The van der Waals surface area contributed by atoms with Crippen molar-refractivity contribution >= 4 is 34.5 Å². The Labute approximate surface area is 139 Å². The zero-order valence-corrected chi connectivity index (χ0v) is 13.9. The van der Waals surface area contributed by atoms with Gasteiger partial charge in [0.25, 0.3) is 5.91 Å². The molecule has 3 rings (SSSR count).